The molecule has 0 aliphatic rings. The van der Waals surface area contributed by atoms with Gasteiger partial charge in [0.05, 0.1) is 7.11 Å². The van der Waals surface area contributed by atoms with E-state index in [1.165, 1.54) is 4.31 Å². The van der Waals surface area contributed by atoms with Crippen LogP contribution in [0, 0.1) is 0 Å². The fourth-order valence-corrected chi connectivity index (χ4v) is 2.58. The van der Waals surface area contributed by atoms with E-state index in [0.29, 0.717) is 25.3 Å². The molecule has 112 valence electrons. The van der Waals surface area contributed by atoms with E-state index in [2.05, 4.69) is 4.72 Å². The summed E-state index contributed by atoms with van der Waals surface area (Å²) in [5, 5.41) is 0. The van der Waals surface area contributed by atoms with E-state index in [0.717, 1.165) is 5.56 Å². The number of nitrogens with one attached hydrogen (secondary N) is 1. The van der Waals surface area contributed by atoms with Crippen molar-refractivity contribution in [2.45, 2.75) is 19.9 Å². The van der Waals surface area contributed by atoms with Crippen LogP contribution in [0.5, 0.6) is 5.75 Å². The zero-order valence-corrected chi connectivity index (χ0v) is 13.0. The van der Waals surface area contributed by atoms with Crippen LogP contribution in [0.3, 0.4) is 0 Å². The number of rotatable bonds is 8. The van der Waals surface area contributed by atoms with Gasteiger partial charge in [-0.2, -0.15) is 12.7 Å². The first-order valence-electron chi connectivity index (χ1n) is 6.44. The minimum atomic E-state index is -3.45. The Labute approximate surface area is 121 Å². The van der Waals surface area contributed by atoms with Crippen molar-refractivity contribution in [1.82, 2.24) is 9.03 Å². The van der Waals surface area contributed by atoms with Crippen molar-refractivity contribution in [3.05, 3.63) is 42.0 Å². The first kappa shape index (κ1) is 16.7. The molecule has 20 heavy (non-hydrogen) atoms. The SMILES string of the molecule is C/C=C/CCNS(=O)(=O)N(C)Cc1cccc(OC)c1. The van der Waals surface area contributed by atoms with Gasteiger partial charge in [0.1, 0.15) is 5.75 Å². The van der Waals surface area contributed by atoms with Crippen molar-refractivity contribution in [3.63, 3.8) is 0 Å². The Morgan fingerprint density at radius 2 is 2.15 bits per heavy atom. The number of methoxy groups -OCH3 is 1. The highest BCUT2D eigenvalue weighted by Crippen LogP contribution is 2.14. The van der Waals surface area contributed by atoms with E-state index < -0.39 is 10.2 Å². The van der Waals surface area contributed by atoms with Crippen molar-refractivity contribution < 1.29 is 13.2 Å². The summed E-state index contributed by atoms with van der Waals surface area (Å²) in [7, 11) is -0.311. The van der Waals surface area contributed by atoms with E-state index in [-0.39, 0.29) is 0 Å². The molecule has 0 spiro atoms. The van der Waals surface area contributed by atoms with Crippen LogP contribution in [0.4, 0.5) is 0 Å². The fraction of sp³-hybridized carbons (Fsp3) is 0.429. The van der Waals surface area contributed by atoms with Crippen LogP contribution in [0.2, 0.25) is 0 Å². The molecule has 0 bridgehead atoms. The largest absolute Gasteiger partial charge is 0.497 e. The molecule has 0 unspecified atom stereocenters. The number of benzene rings is 1. The molecular formula is C14H22N2O3S. The highest BCUT2D eigenvalue weighted by molar-refractivity contribution is 7.87. The van der Waals surface area contributed by atoms with E-state index in [1.54, 1.807) is 14.2 Å². The molecule has 0 saturated carbocycles. The summed E-state index contributed by atoms with van der Waals surface area (Å²) in [5.41, 5.74) is 0.880. The first-order chi connectivity index (χ1) is 9.49. The number of allylic oxidation sites excluding steroid dienone is 1. The van der Waals surface area contributed by atoms with E-state index in [4.69, 9.17) is 4.74 Å². The van der Waals surface area contributed by atoms with E-state index >= 15 is 0 Å². The Hall–Kier alpha value is -1.37. The van der Waals surface area contributed by atoms with Gasteiger partial charge in [0, 0.05) is 20.1 Å². The fourth-order valence-electron chi connectivity index (χ4n) is 1.66. The molecule has 1 rings (SSSR count). The Morgan fingerprint density at radius 3 is 2.80 bits per heavy atom. The van der Waals surface area contributed by atoms with E-state index in [9.17, 15) is 8.42 Å². The van der Waals surface area contributed by atoms with Gasteiger partial charge in [-0.1, -0.05) is 24.3 Å². The van der Waals surface area contributed by atoms with Crippen LogP contribution >= 0.6 is 0 Å². The highest BCUT2D eigenvalue weighted by atomic mass is 32.2. The predicted molar refractivity (Wildman–Crippen MR) is 80.8 cm³/mol. The predicted octanol–water partition coefficient (Wildman–Crippen LogP) is 1.93. The Kier molecular flexibility index (Phi) is 6.70. The van der Waals surface area contributed by atoms with Crippen LogP contribution in [0.15, 0.2) is 36.4 Å². The third-order valence-electron chi connectivity index (χ3n) is 2.78. The Balaban J connectivity index is 2.61. The highest BCUT2D eigenvalue weighted by Gasteiger charge is 2.16. The van der Waals surface area contributed by atoms with Gasteiger partial charge in [0.2, 0.25) is 0 Å². The van der Waals surface area contributed by atoms with Crippen LogP contribution in [-0.2, 0) is 16.8 Å². The van der Waals surface area contributed by atoms with Crippen molar-refractivity contribution in [3.8, 4) is 5.75 Å². The molecule has 0 aromatic heterocycles. The molecule has 0 heterocycles. The molecule has 0 fully saturated rings. The maximum absolute atomic E-state index is 12.0. The van der Waals surface area contributed by atoms with Gasteiger partial charge in [-0.05, 0) is 31.0 Å². The second-order valence-corrected chi connectivity index (χ2v) is 6.23. The smallest absolute Gasteiger partial charge is 0.279 e. The zero-order chi connectivity index (χ0) is 15.0. The molecule has 0 aliphatic carbocycles. The summed E-state index contributed by atoms with van der Waals surface area (Å²) in [6, 6.07) is 7.36. The molecule has 6 heteroatoms. The normalized spacial score (nSPS) is 12.2. The quantitative estimate of drug-likeness (QED) is 0.589. The third kappa shape index (κ3) is 5.32. The van der Waals surface area contributed by atoms with Crippen LogP contribution < -0.4 is 9.46 Å². The van der Waals surface area contributed by atoms with Crippen LogP contribution in [0.1, 0.15) is 18.9 Å². The lowest BCUT2D eigenvalue weighted by Crippen LogP contribution is -2.38. The van der Waals surface area contributed by atoms with Gasteiger partial charge in [-0.15, -0.1) is 0 Å². The molecule has 0 amide bonds. The average Bonchev–Trinajstić information content (AvgIpc) is 2.44. The lowest BCUT2D eigenvalue weighted by atomic mass is 10.2. The van der Waals surface area contributed by atoms with Gasteiger partial charge in [0.25, 0.3) is 10.2 Å². The van der Waals surface area contributed by atoms with Crippen molar-refractivity contribution in [2.75, 3.05) is 20.7 Å². The summed E-state index contributed by atoms with van der Waals surface area (Å²) in [4.78, 5) is 0. The summed E-state index contributed by atoms with van der Waals surface area (Å²) < 4.78 is 33.0. The molecule has 1 N–H and O–H groups in total. The van der Waals surface area contributed by atoms with Crippen molar-refractivity contribution in [2.24, 2.45) is 0 Å². The summed E-state index contributed by atoms with van der Waals surface area (Å²) >= 11 is 0. The van der Waals surface area contributed by atoms with Crippen molar-refractivity contribution in [1.29, 1.82) is 0 Å². The number of ether oxygens (including phenoxy) is 1. The minimum Gasteiger partial charge on any atom is -0.497 e. The third-order valence-corrected chi connectivity index (χ3v) is 4.30. The lowest BCUT2D eigenvalue weighted by Gasteiger charge is -2.17. The summed E-state index contributed by atoms with van der Waals surface area (Å²) in [6.07, 6.45) is 4.50. The van der Waals surface area contributed by atoms with Gasteiger partial charge in [0.15, 0.2) is 0 Å². The van der Waals surface area contributed by atoms with Crippen molar-refractivity contribution >= 4 is 10.2 Å². The Morgan fingerprint density at radius 1 is 1.40 bits per heavy atom. The van der Waals surface area contributed by atoms with Crippen LogP contribution in [-0.4, -0.2) is 33.4 Å². The molecule has 0 atom stereocenters. The summed E-state index contributed by atoms with van der Waals surface area (Å²) in [6.45, 7) is 2.61. The maximum Gasteiger partial charge on any atom is 0.279 e. The molecule has 0 aliphatic heterocycles. The van der Waals surface area contributed by atoms with Gasteiger partial charge < -0.3 is 4.74 Å². The number of nitrogens with zero attached hydrogens (tertiary/aromatic N) is 1. The minimum absolute atomic E-state index is 0.302. The first-order valence-corrected chi connectivity index (χ1v) is 7.88. The molecule has 1 aromatic carbocycles. The second kappa shape index (κ2) is 8.04. The van der Waals surface area contributed by atoms with Gasteiger partial charge >= 0.3 is 0 Å². The van der Waals surface area contributed by atoms with E-state index in [1.807, 2.05) is 43.3 Å². The Bertz CT molecular complexity index is 541. The molecule has 0 saturated heterocycles. The standard InChI is InChI=1S/C14H22N2O3S/c1-4-5-6-10-15-20(17,18)16(2)12-13-8-7-9-14(11-13)19-3/h4-5,7-9,11,15H,6,10,12H2,1-3H3/b5-4+. The van der Waals surface area contributed by atoms with Gasteiger partial charge in [-0.25, -0.2) is 4.72 Å². The molecular weight excluding hydrogens is 276 g/mol. The monoisotopic (exact) mass is 298 g/mol. The lowest BCUT2D eigenvalue weighted by molar-refractivity contribution is 0.412. The topological polar surface area (TPSA) is 58.6 Å². The number of hydrogen-bond donors (Lipinski definition) is 1. The van der Waals surface area contributed by atoms with Gasteiger partial charge in [-0.3, -0.25) is 0 Å². The molecule has 0 radical (unpaired) electrons. The number of hydrogen-bond acceptors (Lipinski definition) is 3. The average molecular weight is 298 g/mol. The second-order valence-electron chi connectivity index (χ2n) is 4.36. The van der Waals surface area contributed by atoms with Crippen LogP contribution in [0.25, 0.3) is 0 Å². The molecule has 5 nitrogen and oxygen atoms in total. The zero-order valence-electron chi connectivity index (χ0n) is 12.2. The maximum atomic E-state index is 12.0. The molecule has 1 aromatic rings. The summed E-state index contributed by atoms with van der Waals surface area (Å²) in [5.74, 6) is 0.717.